The van der Waals surface area contributed by atoms with Crippen LogP contribution in [0.15, 0.2) is 18.2 Å². The summed E-state index contributed by atoms with van der Waals surface area (Å²) in [5.74, 6) is 1.41. The number of carbonyl (C=O) groups excluding carboxylic acids is 1. The van der Waals surface area contributed by atoms with E-state index in [2.05, 4.69) is 0 Å². The molecule has 3 fully saturated rings. The molecule has 120 valence electrons. The van der Waals surface area contributed by atoms with Gasteiger partial charge < -0.3 is 4.74 Å². The zero-order valence-electron chi connectivity index (χ0n) is 12.1. The molecule has 0 spiro atoms. The van der Waals surface area contributed by atoms with Crippen molar-refractivity contribution in [3.8, 4) is 0 Å². The van der Waals surface area contributed by atoms with E-state index in [0.29, 0.717) is 23.7 Å². The van der Waals surface area contributed by atoms with Crippen LogP contribution in [0, 0.1) is 43.9 Å². The molecule has 3 aliphatic carbocycles. The lowest BCUT2D eigenvalue weighted by molar-refractivity contribution is -0.394. The number of nitrogens with zero attached hydrogens (tertiary/aromatic N) is 2. The van der Waals surface area contributed by atoms with Crippen LogP contribution in [0.2, 0.25) is 0 Å². The summed E-state index contributed by atoms with van der Waals surface area (Å²) in [4.78, 5) is 32.6. The molecular formula is C15H14N2O6. The molecule has 1 aromatic rings. The number of nitro benzene ring substituents is 2. The van der Waals surface area contributed by atoms with Crippen LogP contribution in [0.3, 0.4) is 0 Å². The summed E-state index contributed by atoms with van der Waals surface area (Å²) in [6.07, 6.45) is 3.17. The maximum atomic E-state index is 12.3. The smallest absolute Gasteiger partial charge is 0.338 e. The third-order valence-corrected chi connectivity index (χ3v) is 5.47. The molecule has 0 aliphatic heterocycles. The average molecular weight is 318 g/mol. The minimum atomic E-state index is -0.752. The molecule has 3 aliphatic rings. The third-order valence-electron chi connectivity index (χ3n) is 5.47. The number of esters is 1. The lowest BCUT2D eigenvalue weighted by Crippen LogP contribution is -2.35. The lowest BCUT2D eigenvalue weighted by atomic mass is 9.72. The largest absolute Gasteiger partial charge is 0.458 e. The van der Waals surface area contributed by atoms with Gasteiger partial charge in [0.25, 0.3) is 11.4 Å². The first-order valence-corrected chi connectivity index (χ1v) is 7.60. The first-order valence-electron chi connectivity index (χ1n) is 7.60. The van der Waals surface area contributed by atoms with Crippen molar-refractivity contribution in [1.82, 2.24) is 0 Å². The van der Waals surface area contributed by atoms with Crippen LogP contribution in [0.5, 0.6) is 0 Å². The monoisotopic (exact) mass is 318 g/mol. The SMILES string of the molecule is O=C(O[C@@H]1[C@@H]2C[C@@H]2[C@@H]2CC[C@@H]21)c1cc([N+](=O)[O-])cc([N+](=O)[O-])c1. The molecule has 23 heavy (non-hydrogen) atoms. The van der Waals surface area contributed by atoms with Crippen LogP contribution >= 0.6 is 0 Å². The Morgan fingerprint density at radius 2 is 1.57 bits per heavy atom. The molecule has 8 nitrogen and oxygen atoms in total. The molecule has 0 saturated heterocycles. The Kier molecular flexibility index (Phi) is 2.91. The van der Waals surface area contributed by atoms with Crippen molar-refractivity contribution in [2.45, 2.75) is 25.4 Å². The maximum Gasteiger partial charge on any atom is 0.338 e. The Hall–Kier alpha value is -2.51. The lowest BCUT2D eigenvalue weighted by Gasteiger charge is -2.36. The van der Waals surface area contributed by atoms with Crippen LogP contribution in [-0.2, 0) is 4.74 Å². The first kappa shape index (κ1) is 14.1. The van der Waals surface area contributed by atoms with Crippen LogP contribution < -0.4 is 0 Å². The van der Waals surface area contributed by atoms with E-state index in [1.165, 1.54) is 6.42 Å². The van der Waals surface area contributed by atoms with Gasteiger partial charge >= 0.3 is 5.97 Å². The Morgan fingerprint density at radius 1 is 0.957 bits per heavy atom. The summed E-state index contributed by atoms with van der Waals surface area (Å²) in [5, 5.41) is 21.8. The molecule has 1 aromatic carbocycles. The van der Waals surface area contributed by atoms with Crippen molar-refractivity contribution in [1.29, 1.82) is 0 Å². The van der Waals surface area contributed by atoms with Gasteiger partial charge in [-0.05, 0) is 42.9 Å². The Bertz CT molecular complexity index is 700. The number of hydrogen-bond acceptors (Lipinski definition) is 6. The molecule has 3 saturated carbocycles. The van der Waals surface area contributed by atoms with E-state index in [0.717, 1.165) is 31.0 Å². The minimum absolute atomic E-state index is 0.133. The highest BCUT2D eigenvalue weighted by Gasteiger charge is 2.64. The van der Waals surface area contributed by atoms with Gasteiger partial charge in [0.15, 0.2) is 0 Å². The van der Waals surface area contributed by atoms with Gasteiger partial charge in [0.1, 0.15) is 6.10 Å². The highest BCUT2D eigenvalue weighted by Crippen LogP contribution is 2.66. The molecule has 8 heteroatoms. The second kappa shape index (κ2) is 4.74. The number of hydrogen-bond donors (Lipinski definition) is 0. The second-order valence-electron chi connectivity index (χ2n) is 6.59. The van der Waals surface area contributed by atoms with E-state index in [1.807, 2.05) is 0 Å². The molecule has 0 unspecified atom stereocenters. The van der Waals surface area contributed by atoms with Crippen molar-refractivity contribution in [3.05, 3.63) is 44.0 Å². The van der Waals surface area contributed by atoms with E-state index in [1.54, 1.807) is 0 Å². The number of fused-ring (bicyclic) bond motifs is 3. The number of non-ortho nitro benzene ring substituents is 2. The summed E-state index contributed by atoms with van der Waals surface area (Å²) in [6.45, 7) is 0. The molecule has 0 radical (unpaired) electrons. The number of rotatable bonds is 4. The maximum absolute atomic E-state index is 12.3. The summed E-state index contributed by atoms with van der Waals surface area (Å²) in [5.41, 5.74) is -1.10. The van der Waals surface area contributed by atoms with Gasteiger partial charge in [-0.25, -0.2) is 4.79 Å². The van der Waals surface area contributed by atoms with Crippen molar-refractivity contribution in [2.24, 2.45) is 23.7 Å². The number of carbonyl (C=O) groups is 1. The molecule has 0 heterocycles. The van der Waals surface area contributed by atoms with E-state index in [9.17, 15) is 25.0 Å². The van der Waals surface area contributed by atoms with Crippen molar-refractivity contribution in [2.75, 3.05) is 0 Å². The Morgan fingerprint density at radius 3 is 2.04 bits per heavy atom. The molecule has 0 N–H and O–H groups in total. The van der Waals surface area contributed by atoms with Gasteiger partial charge in [-0.3, -0.25) is 20.2 Å². The second-order valence-corrected chi connectivity index (χ2v) is 6.59. The zero-order chi connectivity index (χ0) is 16.3. The number of ether oxygens (including phenoxy) is 1. The molecule has 0 amide bonds. The Labute approximate surface area is 130 Å². The quantitative estimate of drug-likeness (QED) is 0.479. The van der Waals surface area contributed by atoms with Crippen molar-refractivity contribution in [3.63, 3.8) is 0 Å². The molecule has 5 atom stereocenters. The van der Waals surface area contributed by atoms with Crippen LogP contribution in [0.4, 0.5) is 11.4 Å². The fourth-order valence-corrected chi connectivity index (χ4v) is 4.20. The number of nitro groups is 2. The standard InChI is InChI=1S/C15H14N2O6/c18-15(23-14-11-2-1-10(11)12-6-13(12)14)7-3-8(16(19)20)5-9(4-7)17(21)22/h3-5,10-14H,1-2,6H2/t10-,11+,12-,13-,14+/m1/s1. The Balaban J connectivity index is 1.58. The fraction of sp³-hybridized carbons (Fsp3) is 0.533. The van der Waals surface area contributed by atoms with Gasteiger partial charge in [-0.1, -0.05) is 0 Å². The van der Waals surface area contributed by atoms with Gasteiger partial charge in [0.2, 0.25) is 0 Å². The normalized spacial score (nSPS) is 33.1. The number of benzene rings is 1. The summed E-state index contributed by atoms with van der Waals surface area (Å²) < 4.78 is 5.57. The third kappa shape index (κ3) is 2.16. The van der Waals surface area contributed by atoms with Gasteiger partial charge in [-0.15, -0.1) is 0 Å². The summed E-state index contributed by atoms with van der Waals surface area (Å²) in [7, 11) is 0. The molecule has 0 aromatic heterocycles. The highest BCUT2D eigenvalue weighted by molar-refractivity contribution is 5.91. The van der Waals surface area contributed by atoms with Crippen molar-refractivity contribution < 1.29 is 19.4 Å². The fourth-order valence-electron chi connectivity index (χ4n) is 4.20. The van der Waals surface area contributed by atoms with E-state index in [-0.39, 0.29) is 11.7 Å². The first-order chi connectivity index (χ1) is 11.0. The van der Waals surface area contributed by atoms with Crippen molar-refractivity contribution >= 4 is 17.3 Å². The predicted molar refractivity (Wildman–Crippen MR) is 76.8 cm³/mol. The average Bonchev–Trinajstić information content (AvgIpc) is 3.20. The molecule has 4 rings (SSSR count). The van der Waals surface area contributed by atoms with Crippen LogP contribution in [0.25, 0.3) is 0 Å². The zero-order valence-corrected chi connectivity index (χ0v) is 12.1. The molecular weight excluding hydrogens is 304 g/mol. The topological polar surface area (TPSA) is 113 Å². The van der Waals surface area contributed by atoms with Crippen LogP contribution in [0.1, 0.15) is 29.6 Å². The van der Waals surface area contributed by atoms with E-state index < -0.39 is 27.2 Å². The summed E-state index contributed by atoms with van der Waals surface area (Å²) in [6, 6.07) is 2.91. The summed E-state index contributed by atoms with van der Waals surface area (Å²) >= 11 is 0. The van der Waals surface area contributed by atoms with Gasteiger partial charge in [0.05, 0.1) is 21.5 Å². The molecule has 0 bridgehead atoms. The van der Waals surface area contributed by atoms with E-state index >= 15 is 0 Å². The highest BCUT2D eigenvalue weighted by atomic mass is 16.6. The van der Waals surface area contributed by atoms with Crippen LogP contribution in [-0.4, -0.2) is 21.9 Å². The van der Waals surface area contributed by atoms with E-state index in [4.69, 9.17) is 4.74 Å². The predicted octanol–water partition coefficient (Wildman–Crippen LogP) is 2.70. The van der Waals surface area contributed by atoms with Gasteiger partial charge in [-0.2, -0.15) is 0 Å². The van der Waals surface area contributed by atoms with Gasteiger partial charge in [0, 0.05) is 12.1 Å². The minimum Gasteiger partial charge on any atom is -0.458 e.